The van der Waals surface area contributed by atoms with E-state index in [0.29, 0.717) is 0 Å². The molecule has 0 bridgehead atoms. The van der Waals surface area contributed by atoms with Crippen molar-refractivity contribution in [2.45, 2.75) is 57.8 Å². The molecule has 0 atom stereocenters. The minimum absolute atomic E-state index is 0.0397. The second-order valence-electron chi connectivity index (χ2n) is 18.1. The van der Waals surface area contributed by atoms with Crippen LogP contribution in [-0.2, 0) is 16.2 Å². The smallest absolute Gasteiger partial charge is 0.0508 e. The molecule has 3 aliphatic carbocycles. The van der Waals surface area contributed by atoms with Gasteiger partial charge in [-0.3, -0.25) is 0 Å². The molecule has 0 amide bonds. The van der Waals surface area contributed by atoms with Crippen LogP contribution in [0, 0.1) is 0 Å². The van der Waals surface area contributed by atoms with Crippen LogP contribution in [0.5, 0.6) is 0 Å². The Balaban J connectivity index is 1.07. The van der Waals surface area contributed by atoms with Gasteiger partial charge in [-0.05, 0) is 131 Å². The summed E-state index contributed by atoms with van der Waals surface area (Å²) < 4.78 is 0. The van der Waals surface area contributed by atoms with Crippen LogP contribution in [0.15, 0.2) is 176 Å². The van der Waals surface area contributed by atoms with E-state index < -0.39 is 0 Å². The summed E-state index contributed by atoms with van der Waals surface area (Å²) in [7, 11) is 0. The zero-order valence-electron chi connectivity index (χ0n) is 34.2. The van der Waals surface area contributed by atoms with Gasteiger partial charge in [-0.15, -0.1) is 0 Å². The topological polar surface area (TPSA) is 3.24 Å². The van der Waals surface area contributed by atoms with Crippen molar-refractivity contribution in [2.75, 3.05) is 4.90 Å². The van der Waals surface area contributed by atoms with Gasteiger partial charge in [0.1, 0.15) is 0 Å². The molecule has 0 unspecified atom stereocenters. The van der Waals surface area contributed by atoms with Crippen LogP contribution in [0.2, 0.25) is 0 Å². The lowest BCUT2D eigenvalue weighted by Crippen LogP contribution is -2.21. The SMILES string of the molecule is CC1(C)c2ccccc2-c2cc3c(cc21)-c1cccc(N(c2ccc(-c4ccccc4)cc2)c2ccc(-c4cccc5c4-c4ccccc4C5(C)C)cc2)c1C3(C)C. The van der Waals surface area contributed by atoms with Crippen LogP contribution in [-0.4, -0.2) is 0 Å². The highest BCUT2D eigenvalue weighted by Gasteiger charge is 2.43. The summed E-state index contributed by atoms with van der Waals surface area (Å²) in [5, 5.41) is 0. The predicted octanol–water partition coefficient (Wildman–Crippen LogP) is 15.4. The number of benzene rings is 8. The number of rotatable bonds is 5. The molecule has 1 heteroatoms. The van der Waals surface area contributed by atoms with Gasteiger partial charge in [0.2, 0.25) is 0 Å². The van der Waals surface area contributed by atoms with Gasteiger partial charge >= 0.3 is 0 Å². The maximum atomic E-state index is 2.52. The quantitative estimate of drug-likeness (QED) is 0.170. The second-order valence-corrected chi connectivity index (χ2v) is 18.1. The molecule has 0 saturated heterocycles. The van der Waals surface area contributed by atoms with E-state index in [-0.39, 0.29) is 16.2 Å². The van der Waals surface area contributed by atoms with E-state index in [9.17, 15) is 0 Å². The summed E-state index contributed by atoms with van der Waals surface area (Å²) in [5.74, 6) is 0. The molecule has 11 rings (SSSR count). The van der Waals surface area contributed by atoms with Crippen molar-refractivity contribution < 1.29 is 0 Å². The maximum absolute atomic E-state index is 2.52. The van der Waals surface area contributed by atoms with Gasteiger partial charge in [0.05, 0.1) is 5.69 Å². The first kappa shape index (κ1) is 34.8. The number of anilines is 3. The number of nitrogens with zero attached hydrogens (tertiary/aromatic N) is 1. The molecule has 0 heterocycles. The molecule has 0 fully saturated rings. The Hall–Kier alpha value is -6.44. The molecule has 0 N–H and O–H groups in total. The highest BCUT2D eigenvalue weighted by atomic mass is 15.1. The predicted molar refractivity (Wildman–Crippen MR) is 245 cm³/mol. The zero-order chi connectivity index (χ0) is 39.6. The van der Waals surface area contributed by atoms with E-state index in [0.717, 1.165) is 11.4 Å². The van der Waals surface area contributed by atoms with Crippen molar-refractivity contribution in [3.8, 4) is 55.6 Å². The Bertz CT molecular complexity index is 2940. The number of fused-ring (bicyclic) bond motifs is 9. The van der Waals surface area contributed by atoms with Crippen LogP contribution in [0.1, 0.15) is 74.9 Å². The number of hydrogen-bond acceptors (Lipinski definition) is 1. The van der Waals surface area contributed by atoms with Gasteiger partial charge in [0, 0.05) is 27.6 Å². The van der Waals surface area contributed by atoms with Crippen molar-refractivity contribution in [2.24, 2.45) is 0 Å². The first-order valence-electron chi connectivity index (χ1n) is 20.8. The molecule has 3 aliphatic rings. The third-order valence-electron chi connectivity index (χ3n) is 13.9. The minimum atomic E-state index is -0.231. The molecule has 280 valence electrons. The van der Waals surface area contributed by atoms with Gasteiger partial charge in [-0.2, -0.15) is 0 Å². The van der Waals surface area contributed by atoms with Gasteiger partial charge in [0.25, 0.3) is 0 Å². The van der Waals surface area contributed by atoms with Crippen molar-refractivity contribution >= 4 is 17.1 Å². The Labute approximate surface area is 343 Å². The molecule has 0 saturated carbocycles. The van der Waals surface area contributed by atoms with E-state index in [4.69, 9.17) is 0 Å². The average Bonchev–Trinajstić information content (AvgIpc) is 3.74. The van der Waals surface area contributed by atoms with Gasteiger partial charge in [-0.1, -0.05) is 175 Å². The molecule has 1 nitrogen and oxygen atoms in total. The third-order valence-corrected chi connectivity index (χ3v) is 13.9. The Morgan fingerprint density at radius 2 is 0.776 bits per heavy atom. The van der Waals surface area contributed by atoms with E-state index in [1.54, 1.807) is 0 Å². The Morgan fingerprint density at radius 1 is 0.310 bits per heavy atom. The highest BCUT2D eigenvalue weighted by molar-refractivity contribution is 5.96. The Morgan fingerprint density at radius 3 is 1.47 bits per heavy atom. The van der Waals surface area contributed by atoms with Crippen molar-refractivity contribution in [1.29, 1.82) is 0 Å². The van der Waals surface area contributed by atoms with Crippen LogP contribution in [0.25, 0.3) is 55.6 Å². The van der Waals surface area contributed by atoms with Crippen molar-refractivity contribution in [1.82, 2.24) is 0 Å². The molecule has 0 spiro atoms. The Kier molecular flexibility index (Phi) is 7.36. The van der Waals surface area contributed by atoms with Gasteiger partial charge in [-0.25, -0.2) is 0 Å². The lowest BCUT2D eigenvalue weighted by molar-refractivity contribution is 0.652. The molecule has 0 aromatic heterocycles. The molecular weight excluding hydrogens is 699 g/mol. The van der Waals surface area contributed by atoms with E-state index in [1.807, 2.05) is 0 Å². The van der Waals surface area contributed by atoms with Crippen molar-refractivity contribution in [3.05, 3.63) is 209 Å². The first-order chi connectivity index (χ1) is 28.0. The zero-order valence-corrected chi connectivity index (χ0v) is 34.2. The van der Waals surface area contributed by atoms with E-state index >= 15 is 0 Å². The molecular formula is C57H47N. The molecule has 8 aromatic rings. The average molecular weight is 746 g/mol. The van der Waals surface area contributed by atoms with E-state index in [1.165, 1.54) is 94.7 Å². The fraction of sp³-hybridized carbons (Fsp3) is 0.158. The van der Waals surface area contributed by atoms with Crippen LogP contribution < -0.4 is 4.90 Å². The lowest BCUT2D eigenvalue weighted by Gasteiger charge is -2.32. The van der Waals surface area contributed by atoms with Crippen LogP contribution in [0.4, 0.5) is 17.1 Å². The molecule has 58 heavy (non-hydrogen) atoms. The fourth-order valence-corrected chi connectivity index (χ4v) is 10.9. The summed E-state index contributed by atoms with van der Waals surface area (Å²) >= 11 is 0. The summed E-state index contributed by atoms with van der Waals surface area (Å²) in [5.41, 5.74) is 24.7. The third kappa shape index (κ3) is 4.83. The largest absolute Gasteiger partial charge is 0.310 e. The monoisotopic (exact) mass is 745 g/mol. The lowest BCUT2D eigenvalue weighted by atomic mass is 9.79. The minimum Gasteiger partial charge on any atom is -0.310 e. The molecule has 0 radical (unpaired) electrons. The summed E-state index contributed by atoms with van der Waals surface area (Å²) in [4.78, 5) is 2.49. The van der Waals surface area contributed by atoms with Gasteiger partial charge < -0.3 is 4.90 Å². The summed E-state index contributed by atoms with van der Waals surface area (Å²) in [6, 6.07) is 65.9. The normalized spacial score (nSPS) is 15.5. The number of hydrogen-bond donors (Lipinski definition) is 0. The standard InChI is InChI=1S/C57H47N/c1-55(2)48-23-13-11-19-44(48)53-41(20-14-24-49(53)55)38-28-32-40(33-29-38)58(39-30-26-37(27-31-39)36-16-8-7-9-17-36)52-25-15-21-43-46-35-50-45(34-51(46)57(5,6)54(43)52)42-18-10-12-22-47(42)56(50,3)4/h7-35H,1-6H3. The van der Waals surface area contributed by atoms with Crippen LogP contribution >= 0.6 is 0 Å². The molecule has 8 aromatic carbocycles. The summed E-state index contributed by atoms with van der Waals surface area (Å²) in [6.07, 6.45) is 0. The first-order valence-corrected chi connectivity index (χ1v) is 20.8. The van der Waals surface area contributed by atoms with Gasteiger partial charge in [0.15, 0.2) is 0 Å². The second kappa shape index (κ2) is 12.3. The highest BCUT2D eigenvalue weighted by Crippen LogP contribution is 2.59. The van der Waals surface area contributed by atoms with Crippen LogP contribution in [0.3, 0.4) is 0 Å². The molecule has 0 aliphatic heterocycles. The van der Waals surface area contributed by atoms with E-state index in [2.05, 4.69) is 222 Å². The van der Waals surface area contributed by atoms with Crippen molar-refractivity contribution in [3.63, 3.8) is 0 Å². The summed E-state index contributed by atoms with van der Waals surface area (Å²) in [6.45, 7) is 14.3. The maximum Gasteiger partial charge on any atom is 0.0508 e. The fourth-order valence-electron chi connectivity index (χ4n) is 10.9.